The first-order valence-electron chi connectivity index (χ1n) is 7.67. The highest BCUT2D eigenvalue weighted by atomic mass is 16.4. The Morgan fingerprint density at radius 3 is 2.48 bits per heavy atom. The summed E-state index contributed by atoms with van der Waals surface area (Å²) in [6.45, 7) is 1.97. The molecule has 2 N–H and O–H groups in total. The fourth-order valence-electron chi connectivity index (χ4n) is 2.81. The van der Waals surface area contributed by atoms with Gasteiger partial charge >= 0.3 is 5.97 Å². The van der Waals surface area contributed by atoms with Crippen LogP contribution in [0.2, 0.25) is 0 Å². The van der Waals surface area contributed by atoms with Gasteiger partial charge in [0.25, 0.3) is 0 Å². The van der Waals surface area contributed by atoms with E-state index in [-0.39, 0.29) is 0 Å². The predicted octanol–water partition coefficient (Wildman–Crippen LogP) is 4.26. The zero-order valence-electron chi connectivity index (χ0n) is 13.0. The van der Waals surface area contributed by atoms with Gasteiger partial charge in [-0.1, -0.05) is 60.7 Å². The molecule has 3 heteroatoms. The SMILES string of the molecule is Cc1ccccc1N[C@@H](Cc1cccc2ccccc12)C(=O)O. The van der Waals surface area contributed by atoms with Gasteiger partial charge in [0, 0.05) is 12.1 Å². The van der Waals surface area contributed by atoms with Crippen LogP contribution in [0, 0.1) is 6.92 Å². The van der Waals surface area contributed by atoms with Gasteiger partial charge < -0.3 is 10.4 Å². The lowest BCUT2D eigenvalue weighted by atomic mass is 9.98. The van der Waals surface area contributed by atoms with E-state index in [4.69, 9.17) is 0 Å². The molecule has 3 aromatic rings. The van der Waals surface area contributed by atoms with Gasteiger partial charge in [0.15, 0.2) is 0 Å². The number of carbonyl (C=O) groups is 1. The molecule has 0 unspecified atom stereocenters. The van der Waals surface area contributed by atoms with E-state index in [2.05, 4.69) is 5.32 Å². The summed E-state index contributed by atoms with van der Waals surface area (Å²) >= 11 is 0. The summed E-state index contributed by atoms with van der Waals surface area (Å²) in [5.74, 6) is -0.846. The molecule has 0 spiro atoms. The maximum Gasteiger partial charge on any atom is 0.326 e. The van der Waals surface area contributed by atoms with Crippen molar-refractivity contribution in [1.29, 1.82) is 0 Å². The lowest BCUT2D eigenvalue weighted by Crippen LogP contribution is -2.31. The first-order valence-corrected chi connectivity index (χ1v) is 7.67. The van der Waals surface area contributed by atoms with Gasteiger partial charge in [0.05, 0.1) is 0 Å². The Balaban J connectivity index is 1.90. The minimum Gasteiger partial charge on any atom is -0.480 e. The molecule has 0 aliphatic heterocycles. The number of aryl methyl sites for hydroxylation is 1. The van der Waals surface area contributed by atoms with Crippen LogP contribution in [-0.4, -0.2) is 17.1 Å². The van der Waals surface area contributed by atoms with Crippen LogP contribution in [-0.2, 0) is 11.2 Å². The highest BCUT2D eigenvalue weighted by Crippen LogP contribution is 2.22. The highest BCUT2D eigenvalue weighted by Gasteiger charge is 2.19. The molecule has 116 valence electrons. The van der Waals surface area contributed by atoms with Gasteiger partial charge in [-0.3, -0.25) is 0 Å². The molecule has 0 aliphatic rings. The van der Waals surface area contributed by atoms with Crippen LogP contribution in [0.15, 0.2) is 66.7 Å². The van der Waals surface area contributed by atoms with E-state index in [1.54, 1.807) is 0 Å². The molecule has 3 aromatic carbocycles. The molecule has 0 aromatic heterocycles. The number of rotatable bonds is 5. The molecule has 0 saturated heterocycles. The van der Waals surface area contributed by atoms with Crippen LogP contribution in [0.25, 0.3) is 10.8 Å². The number of aliphatic carboxylic acids is 1. The largest absolute Gasteiger partial charge is 0.480 e. The Bertz CT molecular complexity index is 836. The lowest BCUT2D eigenvalue weighted by Gasteiger charge is -2.18. The number of hydrogen-bond acceptors (Lipinski definition) is 2. The minimum atomic E-state index is -0.846. The molecule has 0 saturated carbocycles. The van der Waals surface area contributed by atoms with Crippen molar-refractivity contribution in [2.24, 2.45) is 0 Å². The second kappa shape index (κ2) is 6.53. The van der Waals surface area contributed by atoms with Crippen molar-refractivity contribution in [3.63, 3.8) is 0 Å². The summed E-state index contributed by atoms with van der Waals surface area (Å²) in [5.41, 5.74) is 2.94. The van der Waals surface area contributed by atoms with Crippen molar-refractivity contribution in [3.8, 4) is 0 Å². The molecule has 23 heavy (non-hydrogen) atoms. The molecule has 0 bridgehead atoms. The van der Waals surface area contributed by atoms with Crippen LogP contribution in [0.3, 0.4) is 0 Å². The summed E-state index contributed by atoms with van der Waals surface area (Å²) in [6, 6.07) is 21.2. The molecule has 1 atom stereocenters. The third kappa shape index (κ3) is 3.34. The molecule has 0 amide bonds. The number of para-hydroxylation sites is 1. The third-order valence-corrected chi connectivity index (χ3v) is 4.08. The lowest BCUT2D eigenvalue weighted by molar-refractivity contribution is -0.137. The average Bonchev–Trinajstić information content (AvgIpc) is 2.56. The standard InChI is InChI=1S/C20H19NO2/c1-14-7-2-5-12-18(14)21-19(20(22)23)13-16-10-6-9-15-8-3-4-11-17(15)16/h2-12,19,21H,13H2,1H3,(H,22,23)/t19-/m0/s1. The summed E-state index contributed by atoms with van der Waals surface area (Å²) in [6.07, 6.45) is 0.436. The number of fused-ring (bicyclic) bond motifs is 1. The Hall–Kier alpha value is -2.81. The molecule has 3 nitrogen and oxygen atoms in total. The van der Waals surface area contributed by atoms with Gasteiger partial charge in [0.1, 0.15) is 6.04 Å². The van der Waals surface area contributed by atoms with Crippen molar-refractivity contribution < 1.29 is 9.90 Å². The van der Waals surface area contributed by atoms with E-state index >= 15 is 0 Å². The fourth-order valence-corrected chi connectivity index (χ4v) is 2.81. The molecule has 3 rings (SSSR count). The molecule has 0 radical (unpaired) electrons. The van der Waals surface area contributed by atoms with Crippen LogP contribution >= 0.6 is 0 Å². The van der Waals surface area contributed by atoms with E-state index in [0.29, 0.717) is 6.42 Å². The van der Waals surface area contributed by atoms with Crippen molar-refractivity contribution in [2.45, 2.75) is 19.4 Å². The zero-order valence-corrected chi connectivity index (χ0v) is 13.0. The maximum atomic E-state index is 11.7. The summed E-state index contributed by atoms with van der Waals surface area (Å²) in [4.78, 5) is 11.7. The van der Waals surface area contributed by atoms with Gasteiger partial charge in [0.2, 0.25) is 0 Å². The van der Waals surface area contributed by atoms with Crippen molar-refractivity contribution in [3.05, 3.63) is 77.9 Å². The Labute approximate surface area is 135 Å². The topological polar surface area (TPSA) is 49.3 Å². The van der Waals surface area contributed by atoms with Crippen LogP contribution in [0.4, 0.5) is 5.69 Å². The number of hydrogen-bond donors (Lipinski definition) is 2. The molecule has 0 fully saturated rings. The summed E-state index contributed by atoms with van der Waals surface area (Å²) in [5, 5.41) is 15.0. The number of benzene rings is 3. The normalized spacial score (nSPS) is 12.0. The molecular weight excluding hydrogens is 286 g/mol. The first kappa shape index (κ1) is 15.1. The van der Waals surface area contributed by atoms with Crippen molar-refractivity contribution in [1.82, 2.24) is 0 Å². The smallest absolute Gasteiger partial charge is 0.326 e. The van der Waals surface area contributed by atoms with E-state index in [1.807, 2.05) is 73.7 Å². The highest BCUT2D eigenvalue weighted by molar-refractivity contribution is 5.87. The predicted molar refractivity (Wildman–Crippen MR) is 93.9 cm³/mol. The number of nitrogens with one attached hydrogen (secondary N) is 1. The number of carboxylic acid groups (broad SMARTS) is 1. The molecule has 0 heterocycles. The Morgan fingerprint density at radius 1 is 1.00 bits per heavy atom. The summed E-state index contributed by atoms with van der Waals surface area (Å²) in [7, 11) is 0. The number of anilines is 1. The zero-order chi connectivity index (χ0) is 16.2. The van der Waals surface area contributed by atoms with Gasteiger partial charge in [-0.15, -0.1) is 0 Å². The van der Waals surface area contributed by atoms with Crippen LogP contribution in [0.1, 0.15) is 11.1 Å². The maximum absolute atomic E-state index is 11.7. The van der Waals surface area contributed by atoms with E-state index < -0.39 is 12.0 Å². The van der Waals surface area contributed by atoms with Crippen molar-refractivity contribution >= 4 is 22.4 Å². The van der Waals surface area contributed by atoms with Gasteiger partial charge in [-0.25, -0.2) is 4.79 Å². The number of carboxylic acids is 1. The van der Waals surface area contributed by atoms with Gasteiger partial charge in [-0.2, -0.15) is 0 Å². The Kier molecular flexibility index (Phi) is 4.29. The quantitative estimate of drug-likeness (QED) is 0.740. The third-order valence-electron chi connectivity index (χ3n) is 4.08. The molecule has 0 aliphatic carbocycles. The molecular formula is C20H19NO2. The monoisotopic (exact) mass is 305 g/mol. The Morgan fingerprint density at radius 2 is 1.70 bits per heavy atom. The second-order valence-corrected chi connectivity index (χ2v) is 5.69. The van der Waals surface area contributed by atoms with Crippen LogP contribution < -0.4 is 5.32 Å². The minimum absolute atomic E-state index is 0.436. The van der Waals surface area contributed by atoms with Crippen LogP contribution in [0.5, 0.6) is 0 Å². The summed E-state index contributed by atoms with van der Waals surface area (Å²) < 4.78 is 0. The van der Waals surface area contributed by atoms with Crippen molar-refractivity contribution in [2.75, 3.05) is 5.32 Å². The van der Waals surface area contributed by atoms with E-state index in [9.17, 15) is 9.90 Å². The van der Waals surface area contributed by atoms with Gasteiger partial charge in [-0.05, 0) is 34.9 Å². The fraction of sp³-hybridized carbons (Fsp3) is 0.150. The average molecular weight is 305 g/mol. The van der Waals surface area contributed by atoms with E-state index in [0.717, 1.165) is 27.6 Å². The first-order chi connectivity index (χ1) is 11.1. The second-order valence-electron chi connectivity index (χ2n) is 5.69. The van der Waals surface area contributed by atoms with E-state index in [1.165, 1.54) is 0 Å².